The van der Waals surface area contributed by atoms with Gasteiger partial charge in [-0.1, -0.05) is 93.6 Å². The molecule has 0 aromatic heterocycles. The van der Waals surface area contributed by atoms with Gasteiger partial charge in [0.1, 0.15) is 0 Å². The first-order valence-corrected chi connectivity index (χ1v) is 9.79. The Kier molecular flexibility index (Phi) is 6.11. The highest BCUT2D eigenvalue weighted by Crippen LogP contribution is 2.22. The van der Waals surface area contributed by atoms with E-state index in [1.165, 1.54) is 11.1 Å². The quantitative estimate of drug-likeness (QED) is 0.507. The Balaban J connectivity index is 1.66. The SMILES string of the molecule is CN(Cc1ccc(C(C)(C)C)cc1)Cc1cccc(C(=O)c2ccccc2)c1. The maximum Gasteiger partial charge on any atom is 0.193 e. The van der Waals surface area contributed by atoms with E-state index in [1.54, 1.807) is 0 Å². The first-order chi connectivity index (χ1) is 13.3. The molecular formula is C26H29NO. The summed E-state index contributed by atoms with van der Waals surface area (Å²) in [4.78, 5) is 15.0. The van der Waals surface area contributed by atoms with Crippen molar-refractivity contribution in [2.75, 3.05) is 7.05 Å². The third-order valence-corrected chi connectivity index (χ3v) is 4.95. The molecule has 0 bridgehead atoms. The monoisotopic (exact) mass is 371 g/mol. The van der Waals surface area contributed by atoms with Gasteiger partial charge in [-0.05, 0) is 35.2 Å². The van der Waals surface area contributed by atoms with Gasteiger partial charge in [-0.2, -0.15) is 0 Å². The first kappa shape index (κ1) is 20.0. The lowest BCUT2D eigenvalue weighted by atomic mass is 9.87. The zero-order valence-corrected chi connectivity index (χ0v) is 17.3. The van der Waals surface area contributed by atoms with Crippen LogP contribution in [0.1, 0.15) is 53.4 Å². The average Bonchev–Trinajstić information content (AvgIpc) is 2.68. The second-order valence-corrected chi connectivity index (χ2v) is 8.51. The van der Waals surface area contributed by atoms with Gasteiger partial charge >= 0.3 is 0 Å². The summed E-state index contributed by atoms with van der Waals surface area (Å²) in [5.74, 6) is 0.0721. The number of ketones is 1. The number of benzene rings is 3. The molecular weight excluding hydrogens is 342 g/mol. The molecule has 0 aliphatic heterocycles. The molecule has 0 unspecified atom stereocenters. The van der Waals surface area contributed by atoms with E-state index in [2.05, 4.69) is 63.1 Å². The maximum atomic E-state index is 12.7. The van der Waals surface area contributed by atoms with E-state index in [9.17, 15) is 4.79 Å². The van der Waals surface area contributed by atoms with Crippen LogP contribution in [-0.4, -0.2) is 17.7 Å². The van der Waals surface area contributed by atoms with E-state index in [0.29, 0.717) is 0 Å². The summed E-state index contributed by atoms with van der Waals surface area (Å²) in [7, 11) is 2.11. The molecule has 0 N–H and O–H groups in total. The Morgan fingerprint density at radius 1 is 0.750 bits per heavy atom. The lowest BCUT2D eigenvalue weighted by molar-refractivity contribution is 0.103. The van der Waals surface area contributed by atoms with Crippen molar-refractivity contribution in [2.45, 2.75) is 39.3 Å². The lowest BCUT2D eigenvalue weighted by Gasteiger charge is -2.21. The summed E-state index contributed by atoms with van der Waals surface area (Å²) in [6.45, 7) is 8.38. The minimum absolute atomic E-state index is 0.0721. The van der Waals surface area contributed by atoms with E-state index in [-0.39, 0.29) is 11.2 Å². The van der Waals surface area contributed by atoms with Crippen molar-refractivity contribution in [3.63, 3.8) is 0 Å². The Morgan fingerprint density at radius 3 is 2.00 bits per heavy atom. The maximum absolute atomic E-state index is 12.7. The molecule has 28 heavy (non-hydrogen) atoms. The van der Waals surface area contributed by atoms with Gasteiger partial charge in [-0.3, -0.25) is 9.69 Å². The van der Waals surface area contributed by atoms with Crippen LogP contribution in [0.25, 0.3) is 0 Å². The summed E-state index contributed by atoms with van der Waals surface area (Å²) in [6.07, 6.45) is 0. The first-order valence-electron chi connectivity index (χ1n) is 9.79. The van der Waals surface area contributed by atoms with Gasteiger partial charge in [0.25, 0.3) is 0 Å². The molecule has 3 aromatic rings. The van der Waals surface area contributed by atoms with E-state index in [1.807, 2.05) is 48.5 Å². The van der Waals surface area contributed by atoms with E-state index in [0.717, 1.165) is 29.8 Å². The van der Waals surface area contributed by atoms with Crippen molar-refractivity contribution in [1.29, 1.82) is 0 Å². The zero-order chi connectivity index (χ0) is 20.1. The fourth-order valence-corrected chi connectivity index (χ4v) is 3.36. The van der Waals surface area contributed by atoms with Crippen molar-refractivity contribution >= 4 is 5.78 Å². The summed E-state index contributed by atoms with van der Waals surface area (Å²) in [6, 6.07) is 26.3. The van der Waals surface area contributed by atoms with Gasteiger partial charge in [0.2, 0.25) is 0 Å². The van der Waals surface area contributed by atoms with Gasteiger partial charge in [0.05, 0.1) is 0 Å². The molecule has 0 spiro atoms. The van der Waals surface area contributed by atoms with E-state index in [4.69, 9.17) is 0 Å². The highest BCUT2D eigenvalue weighted by molar-refractivity contribution is 6.09. The Hall–Kier alpha value is -2.71. The predicted molar refractivity (Wildman–Crippen MR) is 117 cm³/mol. The van der Waals surface area contributed by atoms with Crippen LogP contribution < -0.4 is 0 Å². The zero-order valence-electron chi connectivity index (χ0n) is 17.3. The van der Waals surface area contributed by atoms with Crippen LogP contribution in [0.3, 0.4) is 0 Å². The number of carbonyl (C=O) groups excluding carboxylic acids is 1. The third-order valence-electron chi connectivity index (χ3n) is 4.95. The van der Waals surface area contributed by atoms with Crippen molar-refractivity contribution < 1.29 is 4.79 Å². The van der Waals surface area contributed by atoms with Crippen LogP contribution in [0.2, 0.25) is 0 Å². The Morgan fingerprint density at radius 2 is 1.36 bits per heavy atom. The summed E-state index contributed by atoms with van der Waals surface area (Å²) in [5, 5.41) is 0. The minimum Gasteiger partial charge on any atom is -0.298 e. The van der Waals surface area contributed by atoms with E-state index >= 15 is 0 Å². The summed E-state index contributed by atoms with van der Waals surface area (Å²) in [5.41, 5.74) is 5.45. The molecule has 2 nitrogen and oxygen atoms in total. The number of rotatable bonds is 6. The van der Waals surface area contributed by atoms with Gasteiger partial charge in [0, 0.05) is 24.2 Å². The highest BCUT2D eigenvalue weighted by Gasteiger charge is 2.13. The predicted octanol–water partition coefficient (Wildman–Crippen LogP) is 5.85. The van der Waals surface area contributed by atoms with Gasteiger partial charge in [-0.15, -0.1) is 0 Å². The van der Waals surface area contributed by atoms with Crippen molar-refractivity contribution in [3.05, 3.63) is 107 Å². The number of nitrogens with zero attached hydrogens (tertiary/aromatic N) is 1. The molecule has 2 heteroatoms. The molecule has 0 aliphatic rings. The molecule has 0 fully saturated rings. The van der Waals surface area contributed by atoms with Gasteiger partial charge in [0.15, 0.2) is 5.78 Å². The normalized spacial score (nSPS) is 11.6. The van der Waals surface area contributed by atoms with Crippen LogP contribution >= 0.6 is 0 Å². The molecule has 0 atom stereocenters. The fourth-order valence-electron chi connectivity index (χ4n) is 3.36. The molecule has 0 radical (unpaired) electrons. The number of hydrogen-bond donors (Lipinski definition) is 0. The highest BCUT2D eigenvalue weighted by atomic mass is 16.1. The summed E-state index contributed by atoms with van der Waals surface area (Å²) < 4.78 is 0. The van der Waals surface area contributed by atoms with Crippen LogP contribution in [0, 0.1) is 0 Å². The second kappa shape index (κ2) is 8.53. The second-order valence-electron chi connectivity index (χ2n) is 8.51. The third kappa shape index (κ3) is 5.17. The molecule has 0 amide bonds. The molecule has 3 aromatic carbocycles. The van der Waals surface area contributed by atoms with Crippen LogP contribution in [-0.2, 0) is 18.5 Å². The van der Waals surface area contributed by atoms with Crippen molar-refractivity contribution in [1.82, 2.24) is 4.90 Å². The number of hydrogen-bond acceptors (Lipinski definition) is 2. The topological polar surface area (TPSA) is 20.3 Å². The van der Waals surface area contributed by atoms with Crippen LogP contribution in [0.4, 0.5) is 0 Å². The smallest absolute Gasteiger partial charge is 0.193 e. The van der Waals surface area contributed by atoms with Gasteiger partial charge < -0.3 is 0 Å². The molecule has 3 rings (SSSR count). The van der Waals surface area contributed by atoms with Crippen LogP contribution in [0.5, 0.6) is 0 Å². The van der Waals surface area contributed by atoms with E-state index < -0.39 is 0 Å². The molecule has 144 valence electrons. The largest absolute Gasteiger partial charge is 0.298 e. The summed E-state index contributed by atoms with van der Waals surface area (Å²) >= 11 is 0. The molecule has 0 aliphatic carbocycles. The van der Waals surface area contributed by atoms with Crippen molar-refractivity contribution in [2.24, 2.45) is 0 Å². The minimum atomic E-state index is 0.0721. The average molecular weight is 372 g/mol. The number of carbonyl (C=O) groups is 1. The lowest BCUT2D eigenvalue weighted by Crippen LogP contribution is -2.18. The molecule has 0 heterocycles. The van der Waals surface area contributed by atoms with Gasteiger partial charge in [-0.25, -0.2) is 0 Å². The van der Waals surface area contributed by atoms with Crippen molar-refractivity contribution in [3.8, 4) is 0 Å². The Bertz CT molecular complexity index is 921. The molecule has 0 saturated heterocycles. The Labute approximate surface area is 168 Å². The molecule has 0 saturated carbocycles. The standard InChI is InChI=1S/C26H29NO/c1-26(2,3)24-15-13-20(14-16-24)18-27(4)19-21-9-8-12-23(17-21)25(28)22-10-6-5-7-11-22/h5-17H,18-19H2,1-4H3. The van der Waals surface area contributed by atoms with Crippen LogP contribution in [0.15, 0.2) is 78.9 Å². The fraction of sp³-hybridized carbons (Fsp3) is 0.269.